The molecule has 0 heterocycles. The van der Waals surface area contributed by atoms with Crippen LogP contribution >= 0.6 is 0 Å². The predicted octanol–water partition coefficient (Wildman–Crippen LogP) is 1.42. The fraction of sp³-hybridized carbons (Fsp3) is 0.607. The molecule has 0 spiro atoms. The largest absolute Gasteiger partial charge is 0.507 e. The van der Waals surface area contributed by atoms with Gasteiger partial charge in [-0.25, -0.2) is 0 Å². The van der Waals surface area contributed by atoms with Crippen molar-refractivity contribution in [2.75, 3.05) is 6.54 Å². The highest BCUT2D eigenvalue weighted by Gasteiger charge is 2.66. The number of nitrogens with two attached hydrogens (primary N) is 1. The molecule has 0 aliphatic heterocycles. The second kappa shape index (κ2) is 9.44. The summed E-state index contributed by atoms with van der Waals surface area (Å²) in [6.45, 7) is 9.26. The Morgan fingerprint density at radius 2 is 1.81 bits per heavy atom. The summed E-state index contributed by atoms with van der Waals surface area (Å²) in [5, 5.41) is 25.8. The molecule has 0 radical (unpaired) electrons. The van der Waals surface area contributed by atoms with E-state index in [0.717, 1.165) is 12.0 Å². The molecular formula is C28H36N2O7. The number of hydrogen-bond acceptors (Lipinski definition) is 8. The molecule has 0 bridgehead atoms. The van der Waals surface area contributed by atoms with Crippen molar-refractivity contribution in [2.24, 2.45) is 34.8 Å². The zero-order chi connectivity index (χ0) is 27.4. The van der Waals surface area contributed by atoms with Gasteiger partial charge in [0.15, 0.2) is 34.7 Å². The molecule has 0 aromatic heterocycles. The lowest BCUT2D eigenvalue weighted by atomic mass is 9.53. The number of rotatable bonds is 6. The van der Waals surface area contributed by atoms with Crippen molar-refractivity contribution in [3.05, 3.63) is 28.3 Å². The zero-order valence-corrected chi connectivity index (χ0v) is 21.8. The number of nitrogens with one attached hydrogen (secondary N) is 1. The first-order valence-electron chi connectivity index (χ1n) is 13.0. The Bertz CT molecular complexity index is 1200. The second-order valence-electron chi connectivity index (χ2n) is 12.1. The minimum atomic E-state index is -2.63. The molecule has 2 saturated carbocycles. The van der Waals surface area contributed by atoms with E-state index < -0.39 is 58.3 Å². The average Bonchev–Trinajstić information content (AvgIpc) is 2.78. The fourth-order valence-electron chi connectivity index (χ4n) is 6.37. The third kappa shape index (κ3) is 4.42. The molecule has 1 aromatic carbocycles. The quantitative estimate of drug-likeness (QED) is 0.416. The van der Waals surface area contributed by atoms with E-state index in [1.807, 2.05) is 13.0 Å². The van der Waals surface area contributed by atoms with Crippen molar-refractivity contribution >= 4 is 29.0 Å². The highest BCUT2D eigenvalue weighted by Crippen LogP contribution is 2.50. The van der Waals surface area contributed by atoms with Crippen LogP contribution in [-0.2, 0) is 38.6 Å². The van der Waals surface area contributed by atoms with E-state index in [4.69, 9.17) is 5.73 Å². The summed E-state index contributed by atoms with van der Waals surface area (Å²) < 4.78 is 0. The van der Waals surface area contributed by atoms with Gasteiger partial charge in [-0.2, -0.15) is 0 Å². The smallest absolute Gasteiger partial charge is 0.235 e. The van der Waals surface area contributed by atoms with Gasteiger partial charge in [-0.3, -0.25) is 24.0 Å². The van der Waals surface area contributed by atoms with Crippen LogP contribution in [0, 0.1) is 29.1 Å². The lowest BCUT2D eigenvalue weighted by Crippen LogP contribution is -2.68. The average molecular weight is 513 g/mol. The topological polar surface area (TPSA) is 164 Å². The van der Waals surface area contributed by atoms with E-state index in [1.165, 1.54) is 0 Å². The van der Waals surface area contributed by atoms with Crippen LogP contribution < -0.4 is 11.1 Å². The van der Waals surface area contributed by atoms with Crippen molar-refractivity contribution in [3.63, 3.8) is 0 Å². The molecule has 9 heteroatoms. The number of Topliss-reactive ketones (excluding diaryl/α,β-unsaturated/α-hetero) is 4. The van der Waals surface area contributed by atoms with Crippen molar-refractivity contribution in [1.82, 2.24) is 5.32 Å². The molecule has 3 aliphatic rings. The van der Waals surface area contributed by atoms with Gasteiger partial charge in [0.1, 0.15) is 5.75 Å². The lowest BCUT2D eigenvalue weighted by Gasteiger charge is -2.48. The number of aliphatic hydroxyl groups is 1. The molecule has 5 atom stereocenters. The van der Waals surface area contributed by atoms with Crippen LogP contribution in [-0.4, -0.2) is 51.4 Å². The summed E-state index contributed by atoms with van der Waals surface area (Å²) in [6.07, 6.45) is 1.56. The van der Waals surface area contributed by atoms with Gasteiger partial charge in [-0.05, 0) is 41.7 Å². The minimum Gasteiger partial charge on any atom is -0.507 e. The Labute approximate surface area is 216 Å². The van der Waals surface area contributed by atoms with Crippen LogP contribution in [0.25, 0.3) is 0 Å². The number of phenolic OH excluding ortho intramolecular Hbond substituents is 1. The van der Waals surface area contributed by atoms with Crippen LogP contribution in [0.5, 0.6) is 5.75 Å². The molecule has 1 aromatic rings. The zero-order valence-electron chi connectivity index (χ0n) is 21.8. The Morgan fingerprint density at radius 1 is 1.14 bits per heavy atom. The highest BCUT2D eigenvalue weighted by atomic mass is 16.3. The molecule has 3 aliphatic carbocycles. The summed E-state index contributed by atoms with van der Waals surface area (Å²) in [7, 11) is 0. The minimum absolute atomic E-state index is 0.0102. The number of amides is 1. The molecule has 2 unspecified atom stereocenters. The molecule has 37 heavy (non-hydrogen) atoms. The van der Waals surface area contributed by atoms with E-state index in [0.29, 0.717) is 37.1 Å². The lowest BCUT2D eigenvalue weighted by molar-refractivity contribution is -0.175. The molecule has 0 saturated heterocycles. The van der Waals surface area contributed by atoms with E-state index >= 15 is 0 Å². The molecular weight excluding hydrogens is 476 g/mol. The number of hydrogen-bond donors (Lipinski definition) is 4. The number of aryl methyl sites for hydroxylation is 1. The maximum Gasteiger partial charge on any atom is 0.235 e. The number of benzene rings is 1. The molecule has 2 fully saturated rings. The molecule has 1 amide bonds. The van der Waals surface area contributed by atoms with E-state index in [-0.39, 0.29) is 29.6 Å². The molecule has 200 valence electrons. The van der Waals surface area contributed by atoms with Gasteiger partial charge in [0, 0.05) is 31.0 Å². The van der Waals surface area contributed by atoms with Gasteiger partial charge in [0.05, 0.1) is 11.5 Å². The number of ketones is 4. The predicted molar refractivity (Wildman–Crippen MR) is 134 cm³/mol. The van der Waals surface area contributed by atoms with Crippen molar-refractivity contribution in [2.45, 2.75) is 71.9 Å². The molecule has 4 rings (SSSR count). The Balaban J connectivity index is 1.76. The second-order valence-corrected chi connectivity index (χ2v) is 12.1. The third-order valence-electron chi connectivity index (χ3n) is 8.06. The number of aromatic hydroxyl groups is 1. The summed E-state index contributed by atoms with van der Waals surface area (Å²) >= 11 is 0. The first kappa shape index (κ1) is 27.1. The third-order valence-corrected chi connectivity index (χ3v) is 8.06. The van der Waals surface area contributed by atoms with Gasteiger partial charge in [-0.1, -0.05) is 40.2 Å². The highest BCUT2D eigenvalue weighted by molar-refractivity contribution is 6.31. The van der Waals surface area contributed by atoms with Crippen LogP contribution in [0.4, 0.5) is 0 Å². The maximum atomic E-state index is 13.8. The van der Waals surface area contributed by atoms with Crippen LogP contribution in [0.2, 0.25) is 0 Å². The van der Waals surface area contributed by atoms with Gasteiger partial charge >= 0.3 is 0 Å². The maximum absolute atomic E-state index is 13.8. The Morgan fingerprint density at radius 3 is 2.41 bits per heavy atom. The first-order chi connectivity index (χ1) is 17.2. The summed E-state index contributed by atoms with van der Waals surface area (Å²) in [5.41, 5.74) is 4.85. The van der Waals surface area contributed by atoms with E-state index in [2.05, 4.69) is 26.1 Å². The SMILES string of the molecule is CCCc1cc(CNCC(C)(C)C)c(O)c2c1C[C@H]1C[C@H]3CC(=O)C(C(N)=O)C(=O)[C@@]3(O)C(=O)C1C2=O. The van der Waals surface area contributed by atoms with E-state index in [9.17, 15) is 34.2 Å². The van der Waals surface area contributed by atoms with Gasteiger partial charge in [0.25, 0.3) is 0 Å². The fourth-order valence-corrected chi connectivity index (χ4v) is 6.37. The summed E-state index contributed by atoms with van der Waals surface area (Å²) in [4.78, 5) is 64.9. The number of fused-ring (bicyclic) bond motifs is 3. The van der Waals surface area contributed by atoms with Crippen LogP contribution in [0.1, 0.15) is 74.0 Å². The van der Waals surface area contributed by atoms with Gasteiger partial charge in [0.2, 0.25) is 5.91 Å². The van der Waals surface area contributed by atoms with Crippen LogP contribution in [0.3, 0.4) is 0 Å². The standard InChI is InChI=1S/C28H36N2O7/c1-5-6-13-7-15(11-30-12-27(2,3)4)22(32)20-17(13)9-14-8-16-10-18(31)21(26(29)36)25(35)28(16,37)24(34)19(14)23(20)33/h7,14,16,19,21,30,32,37H,5-6,8-12H2,1-4H3,(H2,29,36)/t14-,16+,19?,21?,28+/m1/s1. The van der Waals surface area contributed by atoms with Gasteiger partial charge < -0.3 is 21.3 Å². The van der Waals surface area contributed by atoms with Crippen molar-refractivity contribution in [3.8, 4) is 5.75 Å². The number of phenols is 1. The monoisotopic (exact) mass is 512 g/mol. The molecule has 5 N–H and O–H groups in total. The number of primary amides is 1. The number of carbonyl (C=O) groups is 5. The Hall–Kier alpha value is -2.91. The number of carbonyl (C=O) groups excluding carboxylic acids is 5. The summed E-state index contributed by atoms with van der Waals surface area (Å²) in [6, 6.07) is 1.91. The summed E-state index contributed by atoms with van der Waals surface area (Å²) in [5.74, 6) is -9.78. The Kier molecular flexibility index (Phi) is 6.92. The molecule has 9 nitrogen and oxygen atoms in total. The van der Waals surface area contributed by atoms with Crippen LogP contribution in [0.15, 0.2) is 6.07 Å². The van der Waals surface area contributed by atoms with Gasteiger partial charge in [-0.15, -0.1) is 0 Å². The van der Waals surface area contributed by atoms with Crippen molar-refractivity contribution < 1.29 is 34.2 Å². The van der Waals surface area contributed by atoms with E-state index in [1.54, 1.807) is 0 Å². The van der Waals surface area contributed by atoms with Crippen molar-refractivity contribution in [1.29, 1.82) is 0 Å². The normalized spacial score (nSPS) is 29.5. The first-order valence-corrected chi connectivity index (χ1v) is 13.0.